The molecule has 1 unspecified atom stereocenters. The van der Waals surface area contributed by atoms with Gasteiger partial charge in [0.05, 0.1) is 11.0 Å². The number of allylic oxidation sites excluding steroid dienone is 8. The van der Waals surface area contributed by atoms with Crippen molar-refractivity contribution in [2.24, 2.45) is 5.92 Å². The fourth-order valence-electron chi connectivity index (χ4n) is 9.75. The van der Waals surface area contributed by atoms with Gasteiger partial charge in [-0.3, -0.25) is 4.98 Å². The van der Waals surface area contributed by atoms with Crippen LogP contribution in [0.1, 0.15) is 12.0 Å². The fourth-order valence-corrected chi connectivity index (χ4v) is 9.75. The van der Waals surface area contributed by atoms with Crippen LogP contribution in [0.25, 0.3) is 98.4 Å². The second-order valence-electron chi connectivity index (χ2n) is 15.4. The minimum atomic E-state index is 0.376. The van der Waals surface area contributed by atoms with Crippen LogP contribution < -0.4 is 0 Å². The van der Waals surface area contributed by atoms with E-state index >= 15 is 0 Å². The number of benzene rings is 8. The standard InChI is InChI=1S/C55H36N2/c1-2-14-38-31-41(26-23-35(38)11-1)57-52-28-25-40(32-49(52)51-34-56-30-29-53(51)57)39-24-27-48-50(33-39)55(45-22-10-16-37-13-4-6-18-43(37)45)47-20-8-7-19-46(47)54(48)44-21-9-15-36-12-3-5-17-42(36)44/h1-12,14-34,37H,13H2. The molecule has 2 heteroatoms. The summed E-state index contributed by atoms with van der Waals surface area (Å²) in [6.07, 6.45) is 18.8. The van der Waals surface area contributed by atoms with Crippen LogP contribution in [0.2, 0.25) is 0 Å². The molecule has 10 aromatic rings. The zero-order chi connectivity index (χ0) is 37.5. The van der Waals surface area contributed by atoms with Crippen molar-refractivity contribution < 1.29 is 0 Å². The Morgan fingerprint density at radius 3 is 2.11 bits per heavy atom. The van der Waals surface area contributed by atoms with Gasteiger partial charge in [0, 0.05) is 34.8 Å². The second-order valence-corrected chi connectivity index (χ2v) is 15.4. The van der Waals surface area contributed by atoms with E-state index in [-0.39, 0.29) is 0 Å². The molecule has 0 amide bonds. The molecule has 0 spiro atoms. The summed E-state index contributed by atoms with van der Waals surface area (Å²) >= 11 is 0. The molecule has 0 saturated carbocycles. The number of rotatable bonds is 4. The van der Waals surface area contributed by atoms with Gasteiger partial charge < -0.3 is 4.57 Å². The van der Waals surface area contributed by atoms with Crippen molar-refractivity contribution in [1.29, 1.82) is 0 Å². The topological polar surface area (TPSA) is 17.8 Å². The first-order chi connectivity index (χ1) is 28.3. The molecule has 12 rings (SSSR count). The predicted octanol–water partition coefficient (Wildman–Crippen LogP) is 14.6. The summed E-state index contributed by atoms with van der Waals surface area (Å²) in [7, 11) is 0. The van der Waals surface area contributed by atoms with E-state index in [0.29, 0.717) is 5.92 Å². The van der Waals surface area contributed by atoms with Gasteiger partial charge in [0.15, 0.2) is 0 Å². The predicted molar refractivity (Wildman–Crippen MR) is 242 cm³/mol. The first kappa shape index (κ1) is 32.0. The molecule has 0 aliphatic heterocycles. The summed E-state index contributed by atoms with van der Waals surface area (Å²) in [5.41, 5.74) is 12.4. The summed E-state index contributed by atoms with van der Waals surface area (Å²) in [6.45, 7) is 0. The van der Waals surface area contributed by atoms with E-state index in [0.717, 1.165) is 23.0 Å². The van der Waals surface area contributed by atoms with Crippen LogP contribution in [0, 0.1) is 5.92 Å². The molecule has 2 aromatic heterocycles. The van der Waals surface area contributed by atoms with Crippen molar-refractivity contribution in [2.45, 2.75) is 6.42 Å². The van der Waals surface area contributed by atoms with Crippen LogP contribution >= 0.6 is 0 Å². The lowest BCUT2D eigenvalue weighted by Gasteiger charge is -2.27. The van der Waals surface area contributed by atoms with E-state index in [4.69, 9.17) is 0 Å². The van der Waals surface area contributed by atoms with Gasteiger partial charge in [-0.2, -0.15) is 0 Å². The van der Waals surface area contributed by atoms with Crippen molar-refractivity contribution >= 4 is 70.5 Å². The summed E-state index contributed by atoms with van der Waals surface area (Å²) < 4.78 is 2.38. The van der Waals surface area contributed by atoms with Crippen LogP contribution in [0.3, 0.4) is 0 Å². The summed E-state index contributed by atoms with van der Waals surface area (Å²) in [6, 6.07) is 56.2. The van der Waals surface area contributed by atoms with Crippen LogP contribution in [-0.2, 0) is 0 Å². The Morgan fingerprint density at radius 2 is 1.21 bits per heavy atom. The lowest BCUT2D eigenvalue weighted by Crippen LogP contribution is -2.09. The van der Waals surface area contributed by atoms with E-state index in [1.54, 1.807) is 0 Å². The SMILES string of the molecule is C1=CCC2C=CC=C(c3c4ccccc4c(-c4cccc5ccccc45)c4ccc(-c5ccc6c(c5)c5cnccc5n6-c5ccc6ccccc6c5)cc34)C2=C1. The van der Waals surface area contributed by atoms with Gasteiger partial charge in [-0.15, -0.1) is 0 Å². The molecule has 2 heterocycles. The smallest absolute Gasteiger partial charge is 0.0571 e. The van der Waals surface area contributed by atoms with Gasteiger partial charge in [-0.25, -0.2) is 0 Å². The van der Waals surface area contributed by atoms with Gasteiger partial charge in [0.2, 0.25) is 0 Å². The molecule has 266 valence electrons. The highest BCUT2D eigenvalue weighted by atomic mass is 15.0. The fraction of sp³-hybridized carbons (Fsp3) is 0.0364. The van der Waals surface area contributed by atoms with E-state index in [1.165, 1.54) is 93.0 Å². The molecule has 0 radical (unpaired) electrons. The highest BCUT2D eigenvalue weighted by Gasteiger charge is 2.25. The van der Waals surface area contributed by atoms with Crippen LogP contribution in [0.5, 0.6) is 0 Å². The maximum absolute atomic E-state index is 4.61. The molecule has 0 saturated heterocycles. The van der Waals surface area contributed by atoms with Crippen molar-refractivity contribution in [3.8, 4) is 27.9 Å². The molecule has 57 heavy (non-hydrogen) atoms. The molecule has 0 fully saturated rings. The number of pyridine rings is 1. The lowest BCUT2D eigenvalue weighted by molar-refractivity contribution is 0.786. The second kappa shape index (κ2) is 12.6. The normalized spacial score (nSPS) is 15.2. The van der Waals surface area contributed by atoms with E-state index < -0.39 is 0 Å². The molecule has 0 N–H and O–H groups in total. The zero-order valence-electron chi connectivity index (χ0n) is 31.2. The Morgan fingerprint density at radius 1 is 0.491 bits per heavy atom. The van der Waals surface area contributed by atoms with E-state index in [2.05, 4.69) is 198 Å². The molecular formula is C55H36N2. The Balaban J connectivity index is 1.13. The molecule has 2 aliphatic rings. The lowest BCUT2D eigenvalue weighted by atomic mass is 9.76. The minimum absolute atomic E-state index is 0.376. The quantitative estimate of drug-likeness (QED) is 0.165. The average Bonchev–Trinajstić information content (AvgIpc) is 3.61. The molecule has 2 aliphatic carbocycles. The molecule has 0 bridgehead atoms. The van der Waals surface area contributed by atoms with Crippen molar-refractivity contribution in [3.63, 3.8) is 0 Å². The largest absolute Gasteiger partial charge is 0.309 e. The molecule has 2 nitrogen and oxygen atoms in total. The average molecular weight is 725 g/mol. The third kappa shape index (κ3) is 4.94. The summed E-state index contributed by atoms with van der Waals surface area (Å²) in [5.74, 6) is 0.376. The summed E-state index contributed by atoms with van der Waals surface area (Å²) in [4.78, 5) is 4.61. The van der Waals surface area contributed by atoms with E-state index in [9.17, 15) is 0 Å². The molecule has 1 atom stereocenters. The third-order valence-corrected chi connectivity index (χ3v) is 12.4. The van der Waals surface area contributed by atoms with Crippen molar-refractivity contribution in [2.75, 3.05) is 0 Å². The van der Waals surface area contributed by atoms with Gasteiger partial charge in [0.25, 0.3) is 0 Å². The molecule has 8 aromatic carbocycles. The number of fused-ring (bicyclic) bond motifs is 8. The van der Waals surface area contributed by atoms with Gasteiger partial charge >= 0.3 is 0 Å². The van der Waals surface area contributed by atoms with Crippen LogP contribution in [0.15, 0.2) is 206 Å². The van der Waals surface area contributed by atoms with E-state index in [1.807, 2.05) is 12.4 Å². The van der Waals surface area contributed by atoms with Gasteiger partial charge in [-0.1, -0.05) is 152 Å². The van der Waals surface area contributed by atoms with Gasteiger partial charge in [0.1, 0.15) is 0 Å². The van der Waals surface area contributed by atoms with Crippen molar-refractivity contribution in [3.05, 3.63) is 212 Å². The monoisotopic (exact) mass is 724 g/mol. The first-order valence-electron chi connectivity index (χ1n) is 19.9. The summed E-state index contributed by atoms with van der Waals surface area (Å²) in [5, 5.41) is 12.4. The number of nitrogens with zero attached hydrogens (tertiary/aromatic N) is 2. The van der Waals surface area contributed by atoms with Crippen LogP contribution in [0.4, 0.5) is 0 Å². The minimum Gasteiger partial charge on any atom is -0.309 e. The number of hydrogen-bond acceptors (Lipinski definition) is 1. The van der Waals surface area contributed by atoms with Gasteiger partial charge in [-0.05, 0) is 125 Å². The first-order valence-corrected chi connectivity index (χ1v) is 19.9. The Kier molecular flexibility index (Phi) is 7.09. The Labute approximate surface area is 330 Å². The number of aromatic nitrogens is 2. The maximum atomic E-state index is 4.61. The van der Waals surface area contributed by atoms with Crippen LogP contribution in [-0.4, -0.2) is 9.55 Å². The number of hydrogen-bond donors (Lipinski definition) is 0. The van der Waals surface area contributed by atoms with Crippen molar-refractivity contribution in [1.82, 2.24) is 9.55 Å². The maximum Gasteiger partial charge on any atom is 0.0571 e. The highest BCUT2D eigenvalue weighted by Crippen LogP contribution is 2.48. The third-order valence-electron chi connectivity index (χ3n) is 12.4. The highest BCUT2D eigenvalue weighted by molar-refractivity contribution is 6.23. The zero-order valence-corrected chi connectivity index (χ0v) is 31.2. The Bertz CT molecular complexity index is 3440. The Hall–Kier alpha value is -7.29. The molecular weight excluding hydrogens is 689 g/mol.